The molecule has 2 aromatic rings. The Bertz CT molecular complexity index is 470. The number of hydrogen-bond donors (Lipinski definition) is 0. The summed E-state index contributed by atoms with van der Waals surface area (Å²) in [6, 6.07) is 9.25. The monoisotopic (exact) mass is 268 g/mol. The summed E-state index contributed by atoms with van der Waals surface area (Å²) in [5, 5.41) is 20.1. The van der Waals surface area contributed by atoms with E-state index in [-0.39, 0.29) is 34.4 Å². The van der Waals surface area contributed by atoms with Gasteiger partial charge in [-0.1, -0.05) is 12.1 Å². The summed E-state index contributed by atoms with van der Waals surface area (Å²) < 4.78 is 0. The summed E-state index contributed by atoms with van der Waals surface area (Å²) >= 11 is 0. The first-order chi connectivity index (χ1) is 8.61. The van der Waals surface area contributed by atoms with Gasteiger partial charge < -0.3 is 19.8 Å². The first kappa shape index (κ1) is 17.0. The quantitative estimate of drug-likeness (QED) is 0.614. The molecule has 2 aromatic heterocycles. The number of pyridine rings is 2. The van der Waals surface area contributed by atoms with Crippen molar-refractivity contribution in [2.75, 3.05) is 0 Å². The van der Waals surface area contributed by atoms with Crippen LogP contribution in [-0.4, -0.2) is 45.0 Å². The molecule has 0 fully saturated rings. The molecule has 0 aromatic carbocycles. The van der Waals surface area contributed by atoms with E-state index in [1.54, 1.807) is 24.3 Å². The van der Waals surface area contributed by atoms with Gasteiger partial charge in [0.15, 0.2) is 0 Å². The number of rotatable bonds is 2. The Morgan fingerprint density at radius 3 is 1.32 bits per heavy atom. The van der Waals surface area contributed by atoms with Gasteiger partial charge in [-0.05, 0) is 24.3 Å². The van der Waals surface area contributed by atoms with Crippen molar-refractivity contribution >= 4 is 35.0 Å². The van der Waals surface area contributed by atoms with Crippen molar-refractivity contribution in [3.05, 3.63) is 60.2 Å². The maximum absolute atomic E-state index is 10.0. The molecule has 0 aliphatic heterocycles. The molecular weight excluding hydrogens is 260 g/mol. The van der Waals surface area contributed by atoms with Crippen molar-refractivity contribution in [2.45, 2.75) is 0 Å². The van der Waals surface area contributed by atoms with Gasteiger partial charge in [0, 0.05) is 12.4 Å². The van der Waals surface area contributed by atoms with E-state index in [0.717, 1.165) is 0 Å². The van der Waals surface area contributed by atoms with Crippen LogP contribution in [0, 0.1) is 0 Å². The second kappa shape index (κ2) is 9.01. The van der Waals surface area contributed by atoms with Crippen molar-refractivity contribution in [2.24, 2.45) is 0 Å². The summed E-state index contributed by atoms with van der Waals surface area (Å²) in [4.78, 5) is 27.1. The van der Waals surface area contributed by atoms with Crippen molar-refractivity contribution < 1.29 is 19.8 Å². The molecule has 0 bridgehead atoms. The van der Waals surface area contributed by atoms with Crippen LogP contribution >= 0.6 is 0 Å². The van der Waals surface area contributed by atoms with Crippen LogP contribution < -0.4 is 10.2 Å². The summed E-state index contributed by atoms with van der Waals surface area (Å²) in [6.45, 7) is 0. The fourth-order valence-corrected chi connectivity index (χ4v) is 0.967. The van der Waals surface area contributed by atoms with E-state index in [0.29, 0.717) is 0 Å². The first-order valence-electron chi connectivity index (χ1n) is 4.86. The second-order valence-electron chi connectivity index (χ2n) is 3.00. The number of carboxylic acid groups (broad SMARTS) is 2. The van der Waals surface area contributed by atoms with E-state index < -0.39 is 11.9 Å². The molecule has 0 aliphatic carbocycles. The largest absolute Gasteiger partial charge is 2.00 e. The Balaban J connectivity index is 0.000000324. The molecule has 0 N–H and O–H groups in total. The van der Waals surface area contributed by atoms with Gasteiger partial charge in [-0.25, -0.2) is 0 Å². The van der Waals surface area contributed by atoms with Crippen LogP contribution in [0.5, 0.6) is 0 Å². The van der Waals surface area contributed by atoms with E-state index >= 15 is 0 Å². The van der Waals surface area contributed by atoms with E-state index in [1.807, 2.05) is 0 Å². The summed E-state index contributed by atoms with van der Waals surface area (Å²) in [5.74, 6) is -2.48. The summed E-state index contributed by atoms with van der Waals surface area (Å²) in [7, 11) is 0. The molecule has 0 saturated carbocycles. The standard InChI is InChI=1S/2C6H5NO2.Mg/c2*8-6(9)5-3-1-2-4-7-5;/h2*1-4H,(H,8,9);/q;;+2/p-2. The van der Waals surface area contributed by atoms with Crippen LogP contribution in [0.15, 0.2) is 48.8 Å². The van der Waals surface area contributed by atoms with Gasteiger partial charge >= 0.3 is 23.1 Å². The van der Waals surface area contributed by atoms with Gasteiger partial charge in [0.2, 0.25) is 0 Å². The molecule has 0 amide bonds. The maximum atomic E-state index is 10.0. The van der Waals surface area contributed by atoms with Gasteiger partial charge in [0.25, 0.3) is 0 Å². The van der Waals surface area contributed by atoms with Gasteiger partial charge in [-0.2, -0.15) is 0 Å². The van der Waals surface area contributed by atoms with Crippen LogP contribution in [-0.2, 0) is 0 Å². The SMILES string of the molecule is O=C([O-])c1ccccn1.O=C([O-])c1ccccn1.[Mg+2]. The fourth-order valence-electron chi connectivity index (χ4n) is 0.967. The number of carbonyl (C=O) groups excluding carboxylic acids is 2. The Hall–Kier alpha value is -1.99. The Labute approximate surface area is 125 Å². The van der Waals surface area contributed by atoms with E-state index in [2.05, 4.69) is 9.97 Å². The third-order valence-electron chi connectivity index (χ3n) is 1.75. The molecule has 0 radical (unpaired) electrons. The van der Waals surface area contributed by atoms with E-state index in [9.17, 15) is 19.8 Å². The van der Waals surface area contributed by atoms with Crippen molar-refractivity contribution in [1.29, 1.82) is 0 Å². The number of aromatic carboxylic acids is 2. The number of aromatic nitrogens is 2. The molecule has 7 heteroatoms. The predicted molar refractivity (Wildman–Crippen MR) is 62.9 cm³/mol. The number of carboxylic acids is 2. The third kappa shape index (κ3) is 6.48. The minimum Gasteiger partial charge on any atom is -0.543 e. The van der Waals surface area contributed by atoms with Crippen molar-refractivity contribution in [3.8, 4) is 0 Å². The molecule has 19 heavy (non-hydrogen) atoms. The maximum Gasteiger partial charge on any atom is 2.00 e. The molecule has 6 nitrogen and oxygen atoms in total. The second-order valence-corrected chi connectivity index (χ2v) is 3.00. The molecule has 0 atom stereocenters. The predicted octanol–water partition coefficient (Wildman–Crippen LogP) is -1.49. The van der Waals surface area contributed by atoms with Crippen molar-refractivity contribution in [1.82, 2.24) is 9.97 Å². The molecule has 0 aliphatic rings. The van der Waals surface area contributed by atoms with Crippen LogP contribution in [0.25, 0.3) is 0 Å². The Morgan fingerprint density at radius 2 is 1.16 bits per heavy atom. The molecule has 2 heterocycles. The molecule has 0 unspecified atom stereocenters. The van der Waals surface area contributed by atoms with Crippen LogP contribution in [0.2, 0.25) is 0 Å². The van der Waals surface area contributed by atoms with Gasteiger partial charge in [0.05, 0.1) is 23.3 Å². The zero-order chi connectivity index (χ0) is 13.4. The number of carbonyl (C=O) groups is 2. The first-order valence-corrected chi connectivity index (χ1v) is 4.86. The smallest absolute Gasteiger partial charge is 0.543 e. The Morgan fingerprint density at radius 1 is 0.789 bits per heavy atom. The Kier molecular flexibility index (Phi) is 8.06. The summed E-state index contributed by atoms with van der Waals surface area (Å²) in [6.07, 6.45) is 2.82. The van der Waals surface area contributed by atoms with Crippen LogP contribution in [0.4, 0.5) is 0 Å². The third-order valence-corrected chi connectivity index (χ3v) is 1.75. The average molecular weight is 269 g/mol. The van der Waals surface area contributed by atoms with Crippen molar-refractivity contribution in [3.63, 3.8) is 0 Å². The molecule has 0 saturated heterocycles. The minimum absolute atomic E-state index is 0. The number of hydrogen-bond acceptors (Lipinski definition) is 6. The zero-order valence-corrected chi connectivity index (χ0v) is 11.3. The molecule has 2 rings (SSSR count). The fraction of sp³-hybridized carbons (Fsp3) is 0. The molecule has 92 valence electrons. The average Bonchev–Trinajstić information content (AvgIpc) is 2.41. The molecule has 0 spiro atoms. The number of nitrogens with zero attached hydrogens (tertiary/aromatic N) is 2. The summed E-state index contributed by atoms with van der Waals surface area (Å²) in [5.41, 5.74) is -0.0602. The minimum atomic E-state index is -1.24. The van der Waals surface area contributed by atoms with Gasteiger partial charge in [0.1, 0.15) is 0 Å². The zero-order valence-electron chi connectivity index (χ0n) is 9.85. The molecular formula is C12H8MgN2O4. The normalized spacial score (nSPS) is 8.42. The van der Waals surface area contributed by atoms with Gasteiger partial charge in [-0.15, -0.1) is 0 Å². The van der Waals surface area contributed by atoms with Crippen LogP contribution in [0.3, 0.4) is 0 Å². The van der Waals surface area contributed by atoms with E-state index in [1.165, 1.54) is 24.5 Å². The topological polar surface area (TPSA) is 106 Å². The van der Waals surface area contributed by atoms with Gasteiger partial charge in [-0.3, -0.25) is 9.97 Å². The van der Waals surface area contributed by atoms with Crippen LogP contribution in [0.1, 0.15) is 21.0 Å². The van der Waals surface area contributed by atoms with E-state index in [4.69, 9.17) is 0 Å².